The molecule has 1 saturated carbocycles. The van der Waals surface area contributed by atoms with Gasteiger partial charge >= 0.3 is 0 Å². The number of unbranched alkanes of at least 4 members (excludes halogenated alkanes) is 6. The van der Waals surface area contributed by atoms with E-state index in [0.29, 0.717) is 44.9 Å². The number of hydrogen-bond donors (Lipinski definition) is 4. The molecule has 1 fully saturated rings. The number of allylic oxidation sites excluding steroid dienone is 2. The second kappa shape index (κ2) is 13.4. The maximum atomic E-state index is 13.7. The summed E-state index contributed by atoms with van der Waals surface area (Å²) in [6.07, 6.45) is 7.89. The zero-order valence-corrected chi connectivity index (χ0v) is 15.6. The van der Waals surface area contributed by atoms with Crippen molar-refractivity contribution in [2.75, 3.05) is 13.2 Å². The zero-order chi connectivity index (χ0) is 20.1. The van der Waals surface area contributed by atoms with Crippen LogP contribution in [-0.4, -0.2) is 47.3 Å². The molecule has 2 amide bonds. The van der Waals surface area contributed by atoms with Crippen molar-refractivity contribution in [3.8, 4) is 0 Å². The van der Waals surface area contributed by atoms with Crippen molar-refractivity contribution in [3.63, 3.8) is 0 Å². The minimum absolute atomic E-state index is 0.0982. The molecule has 0 aliphatic heterocycles. The van der Waals surface area contributed by atoms with Crippen LogP contribution in [0.2, 0.25) is 0 Å². The Morgan fingerprint density at radius 3 is 1.56 bits per heavy atom. The molecule has 6 nitrogen and oxygen atoms in total. The molecular formula is C19H30F2N2O4. The standard InChI is InChI=1S/C19H30F2N2O4/c20-14(9-5-1-3-7-11-24)18(26)22-16-13-17(16)23-19(27)15(21)10-6-2-4-8-12-25/h9-10,16-17,24-25H,1-8,11-13H2,(H,22,26)(H,23,27)/b14-9-,15-10-/t16-,17+. The van der Waals surface area contributed by atoms with Crippen LogP contribution in [0.1, 0.15) is 57.8 Å². The normalized spacial score (nSPS) is 19.7. The summed E-state index contributed by atoms with van der Waals surface area (Å²) in [7, 11) is 0. The topological polar surface area (TPSA) is 98.7 Å². The summed E-state index contributed by atoms with van der Waals surface area (Å²) in [6, 6.07) is -0.792. The summed E-state index contributed by atoms with van der Waals surface area (Å²) in [5.74, 6) is -3.41. The van der Waals surface area contributed by atoms with E-state index in [1.807, 2.05) is 0 Å². The van der Waals surface area contributed by atoms with Crippen LogP contribution >= 0.6 is 0 Å². The number of carbonyl (C=O) groups is 2. The molecule has 0 unspecified atom stereocenters. The molecule has 2 atom stereocenters. The van der Waals surface area contributed by atoms with Gasteiger partial charge in [-0.15, -0.1) is 0 Å². The van der Waals surface area contributed by atoms with Gasteiger partial charge in [0.25, 0.3) is 11.8 Å². The van der Waals surface area contributed by atoms with E-state index in [-0.39, 0.29) is 13.2 Å². The highest BCUT2D eigenvalue weighted by Crippen LogP contribution is 2.22. The second-order valence-electron chi connectivity index (χ2n) is 6.65. The average molecular weight is 388 g/mol. The molecule has 27 heavy (non-hydrogen) atoms. The minimum Gasteiger partial charge on any atom is -0.396 e. The third-order valence-corrected chi connectivity index (χ3v) is 4.23. The van der Waals surface area contributed by atoms with Crippen LogP contribution in [0, 0.1) is 0 Å². The first-order valence-electron chi connectivity index (χ1n) is 9.54. The van der Waals surface area contributed by atoms with Gasteiger partial charge in [-0.05, 0) is 57.1 Å². The molecule has 0 aromatic carbocycles. The van der Waals surface area contributed by atoms with E-state index in [2.05, 4.69) is 10.6 Å². The number of aliphatic hydroxyl groups excluding tert-OH is 2. The molecule has 0 saturated heterocycles. The summed E-state index contributed by atoms with van der Waals surface area (Å²) in [6.45, 7) is 0.196. The zero-order valence-electron chi connectivity index (χ0n) is 15.6. The van der Waals surface area contributed by atoms with E-state index in [1.54, 1.807) is 0 Å². The Bertz CT molecular complexity index is 492. The number of aliphatic hydroxyl groups is 2. The largest absolute Gasteiger partial charge is 0.396 e. The van der Waals surface area contributed by atoms with Crippen LogP contribution in [0.4, 0.5) is 8.78 Å². The third-order valence-electron chi connectivity index (χ3n) is 4.23. The van der Waals surface area contributed by atoms with E-state index in [9.17, 15) is 18.4 Å². The number of rotatable bonds is 14. The van der Waals surface area contributed by atoms with Gasteiger partial charge in [0.1, 0.15) is 0 Å². The Balaban J connectivity index is 2.24. The highest BCUT2D eigenvalue weighted by Gasteiger charge is 2.40. The van der Waals surface area contributed by atoms with Crippen LogP contribution in [0.5, 0.6) is 0 Å². The molecule has 0 aromatic heterocycles. The first kappa shape index (κ1) is 23.2. The van der Waals surface area contributed by atoms with Crippen LogP contribution in [0.3, 0.4) is 0 Å². The molecule has 0 radical (unpaired) electrons. The number of carbonyl (C=O) groups excluding carboxylic acids is 2. The highest BCUT2D eigenvalue weighted by atomic mass is 19.1. The predicted molar refractivity (Wildman–Crippen MR) is 98.0 cm³/mol. The molecule has 0 spiro atoms. The summed E-state index contributed by atoms with van der Waals surface area (Å²) >= 11 is 0. The number of amides is 2. The van der Waals surface area contributed by atoms with Gasteiger partial charge in [-0.2, -0.15) is 0 Å². The average Bonchev–Trinajstić information content (AvgIpc) is 3.37. The van der Waals surface area contributed by atoms with Gasteiger partial charge < -0.3 is 20.8 Å². The molecular weight excluding hydrogens is 358 g/mol. The number of halogens is 2. The molecule has 4 N–H and O–H groups in total. The molecule has 0 heterocycles. The summed E-state index contributed by atoms with van der Waals surface area (Å²) in [5.41, 5.74) is 0. The van der Waals surface area contributed by atoms with Crippen molar-refractivity contribution in [1.82, 2.24) is 10.6 Å². The Hall–Kier alpha value is -1.80. The Morgan fingerprint density at radius 1 is 0.778 bits per heavy atom. The van der Waals surface area contributed by atoms with Crippen molar-refractivity contribution in [1.29, 1.82) is 0 Å². The molecule has 8 heteroatoms. The van der Waals surface area contributed by atoms with E-state index in [0.717, 1.165) is 12.8 Å². The first-order chi connectivity index (χ1) is 13.0. The van der Waals surface area contributed by atoms with Crippen molar-refractivity contribution in [2.24, 2.45) is 0 Å². The van der Waals surface area contributed by atoms with Gasteiger partial charge in [-0.25, -0.2) is 8.78 Å². The molecule has 1 aliphatic carbocycles. The smallest absolute Gasteiger partial charge is 0.279 e. The summed E-state index contributed by atoms with van der Waals surface area (Å²) in [4.78, 5) is 23.4. The quantitative estimate of drug-likeness (QED) is 0.271. The Labute approximate surface area is 158 Å². The van der Waals surface area contributed by atoms with Crippen molar-refractivity contribution >= 4 is 11.8 Å². The van der Waals surface area contributed by atoms with Gasteiger partial charge in [-0.3, -0.25) is 9.59 Å². The van der Waals surface area contributed by atoms with Crippen LogP contribution in [0.15, 0.2) is 23.8 Å². The van der Waals surface area contributed by atoms with Crippen molar-refractivity contribution in [2.45, 2.75) is 69.9 Å². The lowest BCUT2D eigenvalue weighted by Crippen LogP contribution is -2.35. The second-order valence-corrected chi connectivity index (χ2v) is 6.65. The summed E-state index contributed by atoms with van der Waals surface area (Å²) in [5, 5.41) is 22.2. The SMILES string of the molecule is O=C(N[C@H]1C[C@H]1NC(=O)/C(F)=C/CCCCCO)/C(F)=C/CCCCCO. The van der Waals surface area contributed by atoms with E-state index in [4.69, 9.17) is 10.2 Å². The first-order valence-corrected chi connectivity index (χ1v) is 9.54. The number of nitrogens with one attached hydrogen (secondary N) is 2. The molecule has 1 aliphatic rings. The lowest BCUT2D eigenvalue weighted by molar-refractivity contribution is -0.120. The van der Waals surface area contributed by atoms with Crippen LogP contribution in [0.25, 0.3) is 0 Å². The fraction of sp³-hybridized carbons (Fsp3) is 0.684. The monoisotopic (exact) mass is 388 g/mol. The van der Waals surface area contributed by atoms with Gasteiger partial charge in [0, 0.05) is 13.2 Å². The van der Waals surface area contributed by atoms with Gasteiger partial charge in [-0.1, -0.05) is 12.8 Å². The Morgan fingerprint density at radius 2 is 1.19 bits per heavy atom. The lowest BCUT2D eigenvalue weighted by Gasteiger charge is -2.05. The van der Waals surface area contributed by atoms with Gasteiger partial charge in [0.15, 0.2) is 11.7 Å². The third kappa shape index (κ3) is 10.2. The fourth-order valence-corrected chi connectivity index (χ4v) is 2.50. The van der Waals surface area contributed by atoms with Crippen molar-refractivity contribution in [3.05, 3.63) is 23.8 Å². The maximum absolute atomic E-state index is 13.7. The van der Waals surface area contributed by atoms with E-state index >= 15 is 0 Å². The highest BCUT2D eigenvalue weighted by molar-refractivity contribution is 5.93. The van der Waals surface area contributed by atoms with Crippen LogP contribution < -0.4 is 10.6 Å². The number of hydrogen-bond acceptors (Lipinski definition) is 4. The van der Waals surface area contributed by atoms with Crippen molar-refractivity contribution < 1.29 is 28.6 Å². The van der Waals surface area contributed by atoms with Gasteiger partial charge in [0.05, 0.1) is 12.1 Å². The molecule has 0 aromatic rings. The predicted octanol–water partition coefficient (Wildman–Crippen LogP) is 2.17. The van der Waals surface area contributed by atoms with Crippen LogP contribution in [-0.2, 0) is 9.59 Å². The Kier molecular flexibility index (Phi) is 11.5. The summed E-state index contributed by atoms with van der Waals surface area (Å²) < 4.78 is 27.3. The maximum Gasteiger partial charge on any atom is 0.279 e. The van der Waals surface area contributed by atoms with E-state index in [1.165, 1.54) is 12.2 Å². The van der Waals surface area contributed by atoms with E-state index < -0.39 is 35.6 Å². The molecule has 154 valence electrons. The lowest BCUT2D eigenvalue weighted by atomic mass is 10.2. The fourth-order valence-electron chi connectivity index (χ4n) is 2.50. The molecule has 1 rings (SSSR count). The molecule has 0 bridgehead atoms. The minimum atomic E-state index is -0.870. The van der Waals surface area contributed by atoms with Gasteiger partial charge in [0.2, 0.25) is 0 Å².